The third kappa shape index (κ3) is 6.59. The van der Waals surface area contributed by atoms with E-state index in [1.165, 1.54) is 6.08 Å². The molecule has 1 aliphatic rings. The topological polar surface area (TPSA) is 55.8 Å². The van der Waals surface area contributed by atoms with Crippen molar-refractivity contribution in [3.63, 3.8) is 0 Å². The van der Waals surface area contributed by atoms with E-state index in [4.69, 9.17) is 14.9 Å². The van der Waals surface area contributed by atoms with Crippen molar-refractivity contribution in [2.45, 2.75) is 90.8 Å². The van der Waals surface area contributed by atoms with Gasteiger partial charge in [-0.25, -0.2) is 14.6 Å². The van der Waals surface area contributed by atoms with E-state index in [0.29, 0.717) is 24.7 Å². The average Bonchev–Trinajstić information content (AvgIpc) is 2.96. The van der Waals surface area contributed by atoms with Crippen molar-refractivity contribution in [2.24, 2.45) is 11.8 Å². The van der Waals surface area contributed by atoms with Gasteiger partial charge in [-0.05, 0) is 56.4 Å². The number of carboxylic acids is 1. The second-order valence-electron chi connectivity index (χ2n) is 7.52. The molecule has 1 N–H and O–H groups in total. The quantitative estimate of drug-likeness (QED) is 0.295. The summed E-state index contributed by atoms with van der Waals surface area (Å²) in [6.07, 6.45) is 14.0. The largest absolute Gasteiger partial charge is 0.478 e. The minimum absolute atomic E-state index is 0.328. The minimum atomic E-state index is -0.952. The van der Waals surface area contributed by atoms with Crippen LogP contribution in [0.5, 0.6) is 0 Å². The normalized spacial score (nSPS) is 29.5. The third-order valence-electron chi connectivity index (χ3n) is 5.37. The summed E-state index contributed by atoms with van der Waals surface area (Å²) in [5.74, 6) is 0.174. The molecule has 0 spiro atoms. The molecule has 1 rings (SSSR count). The van der Waals surface area contributed by atoms with E-state index < -0.39 is 11.6 Å². The maximum Gasteiger partial charge on any atom is 0.328 e. The molecular weight excluding hydrogens is 316 g/mol. The minimum Gasteiger partial charge on any atom is -0.478 e. The van der Waals surface area contributed by atoms with Crippen LogP contribution < -0.4 is 0 Å². The fourth-order valence-corrected chi connectivity index (χ4v) is 3.77. The number of carboxylic acid groups (broad SMARTS) is 1. The molecule has 0 radical (unpaired) electrons. The summed E-state index contributed by atoms with van der Waals surface area (Å²) < 4.78 is 0. The van der Waals surface area contributed by atoms with Crippen molar-refractivity contribution in [1.82, 2.24) is 0 Å². The van der Waals surface area contributed by atoms with Crippen molar-refractivity contribution >= 4 is 5.97 Å². The van der Waals surface area contributed by atoms with Gasteiger partial charge in [0.1, 0.15) is 11.2 Å². The Morgan fingerprint density at radius 2 is 1.92 bits per heavy atom. The molecule has 1 aliphatic heterocycles. The molecule has 0 amide bonds. The van der Waals surface area contributed by atoms with E-state index in [2.05, 4.69) is 39.8 Å². The third-order valence-corrected chi connectivity index (χ3v) is 5.37. The number of aliphatic carboxylic acids is 1. The Balaban J connectivity index is 2.77. The number of hydrogen-bond donors (Lipinski definition) is 1. The van der Waals surface area contributed by atoms with Gasteiger partial charge in [0, 0.05) is 12.5 Å². The second kappa shape index (κ2) is 10.1. The van der Waals surface area contributed by atoms with Crippen molar-refractivity contribution in [3.8, 4) is 0 Å². The average molecular weight is 353 g/mol. The van der Waals surface area contributed by atoms with Crippen LogP contribution >= 0.6 is 0 Å². The molecule has 1 fully saturated rings. The maximum absolute atomic E-state index is 10.9. The standard InChI is InChI=1S/C21H36O4/c1-6-10-11-18(7-2)14-17(5)15-21(9-4)16-20(8-3,24-25-21)13-12-19(22)23/h10-13,17-18H,6-9,14-16H2,1-5H3,(H,22,23). The Kier molecular flexibility index (Phi) is 8.87. The lowest BCUT2D eigenvalue weighted by molar-refractivity contribution is -0.345. The van der Waals surface area contributed by atoms with Gasteiger partial charge in [-0.2, -0.15) is 0 Å². The smallest absolute Gasteiger partial charge is 0.328 e. The lowest BCUT2D eigenvalue weighted by atomic mass is 9.77. The summed E-state index contributed by atoms with van der Waals surface area (Å²) in [4.78, 5) is 22.4. The first-order chi connectivity index (χ1) is 11.8. The van der Waals surface area contributed by atoms with E-state index in [9.17, 15) is 4.79 Å². The highest BCUT2D eigenvalue weighted by Crippen LogP contribution is 2.45. The predicted octanol–water partition coefficient (Wildman–Crippen LogP) is 5.69. The molecule has 4 nitrogen and oxygen atoms in total. The van der Waals surface area contributed by atoms with E-state index >= 15 is 0 Å². The van der Waals surface area contributed by atoms with Gasteiger partial charge in [-0.3, -0.25) is 0 Å². The molecule has 0 saturated carbocycles. The first-order valence-corrected chi connectivity index (χ1v) is 9.79. The lowest BCUT2D eigenvalue weighted by Crippen LogP contribution is -2.33. The second-order valence-corrected chi connectivity index (χ2v) is 7.52. The zero-order chi connectivity index (χ0) is 18.9. The predicted molar refractivity (Wildman–Crippen MR) is 101 cm³/mol. The zero-order valence-corrected chi connectivity index (χ0v) is 16.6. The van der Waals surface area contributed by atoms with Gasteiger partial charge in [0.2, 0.25) is 0 Å². The monoisotopic (exact) mass is 352 g/mol. The summed E-state index contributed by atoms with van der Waals surface area (Å²) in [6, 6.07) is 0. The van der Waals surface area contributed by atoms with Crippen LogP contribution in [-0.4, -0.2) is 22.3 Å². The van der Waals surface area contributed by atoms with Crippen molar-refractivity contribution in [3.05, 3.63) is 24.3 Å². The highest BCUT2D eigenvalue weighted by molar-refractivity contribution is 5.79. The highest BCUT2D eigenvalue weighted by Gasteiger charge is 2.49. The fraction of sp³-hybridized carbons (Fsp3) is 0.762. The van der Waals surface area contributed by atoms with Crippen LogP contribution in [0.25, 0.3) is 0 Å². The van der Waals surface area contributed by atoms with Gasteiger partial charge in [-0.1, -0.05) is 46.8 Å². The molecule has 0 bridgehead atoms. The highest BCUT2D eigenvalue weighted by atomic mass is 17.2. The summed E-state index contributed by atoms with van der Waals surface area (Å²) in [5.41, 5.74) is -0.953. The van der Waals surface area contributed by atoms with Gasteiger partial charge in [0.15, 0.2) is 0 Å². The molecule has 4 heteroatoms. The Morgan fingerprint density at radius 3 is 2.44 bits per heavy atom. The van der Waals surface area contributed by atoms with Crippen LogP contribution in [0.3, 0.4) is 0 Å². The molecule has 25 heavy (non-hydrogen) atoms. The van der Waals surface area contributed by atoms with E-state index in [0.717, 1.165) is 32.1 Å². The zero-order valence-electron chi connectivity index (χ0n) is 16.6. The van der Waals surface area contributed by atoms with Crippen molar-refractivity contribution in [1.29, 1.82) is 0 Å². The van der Waals surface area contributed by atoms with E-state index in [1.54, 1.807) is 6.08 Å². The molecular formula is C21H36O4. The summed E-state index contributed by atoms with van der Waals surface area (Å²) in [6.45, 7) is 10.8. The molecule has 144 valence electrons. The van der Waals surface area contributed by atoms with Crippen LogP contribution in [0, 0.1) is 11.8 Å². The van der Waals surface area contributed by atoms with Gasteiger partial charge in [0.05, 0.1) is 0 Å². The number of rotatable bonds is 11. The van der Waals surface area contributed by atoms with Crippen LogP contribution in [0.1, 0.15) is 79.6 Å². The van der Waals surface area contributed by atoms with Gasteiger partial charge < -0.3 is 5.11 Å². The molecule has 1 heterocycles. The van der Waals surface area contributed by atoms with E-state index in [-0.39, 0.29) is 5.60 Å². The van der Waals surface area contributed by atoms with Gasteiger partial charge >= 0.3 is 5.97 Å². The Labute approximate surface area is 153 Å². The van der Waals surface area contributed by atoms with Crippen LogP contribution in [0.2, 0.25) is 0 Å². The molecule has 4 atom stereocenters. The number of allylic oxidation sites excluding steroid dienone is 2. The van der Waals surface area contributed by atoms with Gasteiger partial charge in [-0.15, -0.1) is 0 Å². The Hall–Kier alpha value is -1.13. The molecule has 0 aromatic rings. The molecule has 4 unspecified atom stereocenters. The molecule has 0 aromatic carbocycles. The first kappa shape index (κ1) is 21.9. The maximum atomic E-state index is 10.9. The van der Waals surface area contributed by atoms with E-state index in [1.807, 2.05) is 6.92 Å². The number of hydrogen-bond acceptors (Lipinski definition) is 3. The first-order valence-electron chi connectivity index (χ1n) is 9.79. The van der Waals surface area contributed by atoms with Crippen LogP contribution in [-0.2, 0) is 14.6 Å². The van der Waals surface area contributed by atoms with Crippen LogP contribution in [0.15, 0.2) is 24.3 Å². The van der Waals surface area contributed by atoms with Crippen molar-refractivity contribution < 1.29 is 19.7 Å². The lowest BCUT2D eigenvalue weighted by Gasteiger charge is -2.29. The van der Waals surface area contributed by atoms with Gasteiger partial charge in [0.25, 0.3) is 0 Å². The summed E-state index contributed by atoms with van der Waals surface area (Å²) >= 11 is 0. The Bertz CT molecular complexity index is 471. The molecule has 0 aromatic heterocycles. The molecule has 0 aliphatic carbocycles. The van der Waals surface area contributed by atoms with Crippen LogP contribution in [0.4, 0.5) is 0 Å². The summed E-state index contributed by atoms with van der Waals surface area (Å²) in [7, 11) is 0. The SMILES string of the molecule is CCC=CC(CC)CC(C)CC1(CC)CC(C=CC(=O)O)(CC)OO1. The Morgan fingerprint density at radius 1 is 1.20 bits per heavy atom. The number of carbonyl (C=O) groups is 1. The molecule has 1 saturated heterocycles. The van der Waals surface area contributed by atoms with Crippen molar-refractivity contribution in [2.75, 3.05) is 0 Å². The fourth-order valence-electron chi connectivity index (χ4n) is 3.77. The summed E-state index contributed by atoms with van der Waals surface area (Å²) in [5, 5.41) is 8.92.